The maximum absolute atomic E-state index is 13.3. The molecule has 0 fully saturated rings. The first kappa shape index (κ1) is 31.3. The number of alkyl carbamates (subject to hydrolysis) is 1. The Morgan fingerprint density at radius 3 is 1.92 bits per heavy atom. The molecule has 2 rings (SSSR count). The van der Waals surface area contributed by atoms with Crippen LogP contribution >= 0.6 is 7.60 Å². The van der Waals surface area contributed by atoms with Crippen LogP contribution in [0.25, 0.3) is 10.8 Å². The molecule has 0 atom stereocenters. The van der Waals surface area contributed by atoms with Crippen LogP contribution in [0.4, 0.5) is 4.79 Å². The van der Waals surface area contributed by atoms with Crippen molar-refractivity contribution in [3.8, 4) is 0 Å². The molecule has 2 aromatic carbocycles. The van der Waals surface area contributed by atoms with Gasteiger partial charge in [-0.3, -0.25) is 9.88 Å². The largest absolute Gasteiger partial charge is 0.464 e. The molecule has 38 heavy (non-hydrogen) atoms. The maximum Gasteiger partial charge on any atom is 0.408 e. The van der Waals surface area contributed by atoms with E-state index in [0.717, 1.165) is 16.3 Å². The molecule has 0 radical (unpaired) electrons. The summed E-state index contributed by atoms with van der Waals surface area (Å²) in [6, 6.07) is 11.2. The van der Waals surface area contributed by atoms with Gasteiger partial charge in [0.1, 0.15) is 0 Å². The number of carbonyl (C=O) groups excluding carboxylic acids is 3. The smallest absolute Gasteiger partial charge is 0.408 e. The van der Waals surface area contributed by atoms with Gasteiger partial charge in [-0.1, -0.05) is 36.4 Å². The normalized spacial score (nSPS) is 11.7. The van der Waals surface area contributed by atoms with Gasteiger partial charge < -0.3 is 23.3 Å². The van der Waals surface area contributed by atoms with Crippen LogP contribution in [0.1, 0.15) is 45.7 Å². The number of carbonyl (C=O) groups is 3. The fourth-order valence-electron chi connectivity index (χ4n) is 4.16. The Kier molecular flexibility index (Phi) is 12.2. The molecule has 0 aliphatic rings. The summed E-state index contributed by atoms with van der Waals surface area (Å²) < 4.78 is 39.7. The lowest BCUT2D eigenvalue weighted by molar-refractivity contribution is -0.166. The van der Waals surface area contributed by atoms with E-state index in [1.54, 1.807) is 40.7 Å². The van der Waals surface area contributed by atoms with Gasteiger partial charge in [-0.05, 0) is 62.9 Å². The lowest BCUT2D eigenvalue weighted by Crippen LogP contribution is -2.63. The third kappa shape index (κ3) is 7.79. The number of esters is 2. The van der Waals surface area contributed by atoms with Crippen LogP contribution in [0.15, 0.2) is 36.4 Å². The highest BCUT2D eigenvalue weighted by Crippen LogP contribution is 2.48. The van der Waals surface area contributed by atoms with E-state index < -0.39 is 31.2 Å². The Labute approximate surface area is 223 Å². The number of fused-ring (bicyclic) bond motifs is 1. The van der Waals surface area contributed by atoms with Crippen molar-refractivity contribution in [3.05, 3.63) is 47.5 Å². The molecule has 0 aromatic heterocycles. The minimum Gasteiger partial charge on any atom is -0.464 e. The Bertz CT molecular complexity index is 1120. The third-order valence-corrected chi connectivity index (χ3v) is 7.79. The summed E-state index contributed by atoms with van der Waals surface area (Å²) >= 11 is 0. The number of nitrogens with one attached hydrogen (secondary N) is 1. The van der Waals surface area contributed by atoms with Gasteiger partial charge in [-0.15, -0.1) is 0 Å². The molecular weight excluding hydrogens is 513 g/mol. The molecule has 0 saturated carbocycles. The first-order valence-electron chi connectivity index (χ1n) is 12.9. The predicted molar refractivity (Wildman–Crippen MR) is 143 cm³/mol. The summed E-state index contributed by atoms with van der Waals surface area (Å²) in [4.78, 5) is 39.2. The molecule has 210 valence electrons. The molecule has 0 saturated heterocycles. The van der Waals surface area contributed by atoms with Gasteiger partial charge in [0.15, 0.2) is 0 Å². The van der Waals surface area contributed by atoms with Gasteiger partial charge in [-0.2, -0.15) is 0 Å². The Morgan fingerprint density at radius 2 is 1.37 bits per heavy atom. The highest BCUT2D eigenvalue weighted by Gasteiger charge is 2.51. The molecular formula is C27H38NO9P. The molecule has 0 spiro atoms. The fourth-order valence-corrected chi connectivity index (χ4v) is 5.78. The number of ether oxygens (including phenoxy) is 3. The summed E-state index contributed by atoms with van der Waals surface area (Å²) in [5.41, 5.74) is -0.925. The number of hydrogen-bond acceptors (Lipinski definition) is 9. The van der Waals surface area contributed by atoms with Crippen molar-refractivity contribution in [2.24, 2.45) is 0 Å². The highest BCUT2D eigenvalue weighted by molar-refractivity contribution is 7.53. The van der Waals surface area contributed by atoms with E-state index in [2.05, 4.69) is 5.32 Å². The van der Waals surface area contributed by atoms with Crippen molar-refractivity contribution < 1.29 is 42.2 Å². The Hall–Kier alpha value is -2.94. The Balaban J connectivity index is 2.68. The van der Waals surface area contributed by atoms with E-state index in [1.165, 1.54) is 0 Å². The first-order valence-corrected chi connectivity index (χ1v) is 14.6. The van der Waals surface area contributed by atoms with E-state index in [0.29, 0.717) is 5.56 Å². The van der Waals surface area contributed by atoms with E-state index >= 15 is 0 Å². The average Bonchev–Trinajstić information content (AvgIpc) is 2.88. The zero-order chi connectivity index (χ0) is 28.2. The zero-order valence-corrected chi connectivity index (χ0v) is 23.6. The van der Waals surface area contributed by atoms with Gasteiger partial charge in [0.25, 0.3) is 0 Å². The van der Waals surface area contributed by atoms with E-state index in [9.17, 15) is 18.9 Å². The standard InChI is InChI=1S/C27H38NO9P/c1-6-33-24(29)27(25(30)34-7-2,28-26(31)35-8-3)19-21-16-15-20-13-11-12-14-22(20)23(21)17-18-38(32,36-9-4)37-10-5/h11-16H,6-10,17-19H2,1-5H3,(H,28,31). The van der Waals surface area contributed by atoms with E-state index in [-0.39, 0.29) is 52.0 Å². The van der Waals surface area contributed by atoms with Crippen LogP contribution in [-0.2, 0) is 50.3 Å². The molecule has 0 aliphatic carbocycles. The lowest BCUT2D eigenvalue weighted by Gasteiger charge is -2.30. The summed E-state index contributed by atoms with van der Waals surface area (Å²) in [5.74, 6) is -1.94. The van der Waals surface area contributed by atoms with Crippen LogP contribution in [0, 0.1) is 0 Å². The quantitative estimate of drug-likeness (QED) is 0.144. The molecule has 2 aromatic rings. The average molecular weight is 552 g/mol. The Morgan fingerprint density at radius 1 is 0.789 bits per heavy atom. The zero-order valence-electron chi connectivity index (χ0n) is 22.7. The van der Waals surface area contributed by atoms with Crippen molar-refractivity contribution in [2.75, 3.05) is 39.2 Å². The number of aryl methyl sites for hydroxylation is 1. The molecule has 0 bridgehead atoms. The second-order valence-corrected chi connectivity index (χ2v) is 10.4. The first-order chi connectivity index (χ1) is 18.2. The summed E-state index contributed by atoms with van der Waals surface area (Å²) in [5, 5.41) is 4.17. The summed E-state index contributed by atoms with van der Waals surface area (Å²) in [7, 11) is -3.40. The van der Waals surface area contributed by atoms with Crippen LogP contribution in [0.5, 0.6) is 0 Å². The predicted octanol–water partition coefficient (Wildman–Crippen LogP) is 4.80. The van der Waals surface area contributed by atoms with Crippen molar-refractivity contribution in [1.82, 2.24) is 5.32 Å². The number of benzene rings is 2. The molecule has 0 heterocycles. The van der Waals surface area contributed by atoms with Crippen LogP contribution < -0.4 is 5.32 Å². The molecule has 0 unspecified atom stereocenters. The SMILES string of the molecule is CCOC(=O)NC(Cc1ccc2ccccc2c1CCP(=O)(OCC)OCC)(C(=O)OCC)C(=O)OCC. The van der Waals surface area contributed by atoms with Crippen LogP contribution in [0.3, 0.4) is 0 Å². The second-order valence-electron chi connectivity index (χ2n) is 8.21. The summed E-state index contributed by atoms with van der Waals surface area (Å²) in [6.07, 6.45) is -0.910. The number of rotatable bonds is 15. The van der Waals surface area contributed by atoms with Gasteiger partial charge in [0.05, 0.1) is 39.2 Å². The summed E-state index contributed by atoms with van der Waals surface area (Å²) in [6.45, 7) is 8.69. The maximum atomic E-state index is 13.3. The lowest BCUT2D eigenvalue weighted by atomic mass is 9.86. The highest BCUT2D eigenvalue weighted by atomic mass is 31.2. The van der Waals surface area contributed by atoms with Gasteiger partial charge in [0, 0.05) is 6.42 Å². The molecule has 11 heteroatoms. The molecule has 1 amide bonds. The van der Waals surface area contributed by atoms with Gasteiger partial charge >= 0.3 is 25.6 Å². The van der Waals surface area contributed by atoms with E-state index in [4.69, 9.17) is 23.3 Å². The van der Waals surface area contributed by atoms with Crippen molar-refractivity contribution in [3.63, 3.8) is 0 Å². The fraction of sp³-hybridized carbons (Fsp3) is 0.519. The number of amides is 1. The van der Waals surface area contributed by atoms with Crippen molar-refractivity contribution >= 4 is 36.4 Å². The second kappa shape index (κ2) is 14.9. The molecule has 10 nitrogen and oxygen atoms in total. The minimum absolute atomic E-state index is 0.0267. The van der Waals surface area contributed by atoms with Crippen molar-refractivity contribution in [1.29, 1.82) is 0 Å². The number of hydrogen-bond donors (Lipinski definition) is 1. The van der Waals surface area contributed by atoms with Crippen LogP contribution in [-0.4, -0.2) is 62.8 Å². The van der Waals surface area contributed by atoms with Crippen LogP contribution in [0.2, 0.25) is 0 Å². The minimum atomic E-state index is -3.40. The monoisotopic (exact) mass is 551 g/mol. The topological polar surface area (TPSA) is 126 Å². The van der Waals surface area contributed by atoms with E-state index in [1.807, 2.05) is 30.3 Å². The van der Waals surface area contributed by atoms with Crippen molar-refractivity contribution in [2.45, 2.75) is 53.0 Å². The third-order valence-electron chi connectivity index (χ3n) is 5.72. The van der Waals surface area contributed by atoms with Gasteiger partial charge in [-0.25, -0.2) is 14.4 Å². The molecule has 1 N–H and O–H groups in total. The van der Waals surface area contributed by atoms with Gasteiger partial charge in [0.2, 0.25) is 5.54 Å². The molecule has 0 aliphatic heterocycles.